The molecule has 0 spiro atoms. The summed E-state index contributed by atoms with van der Waals surface area (Å²) < 4.78 is 5.78. The maximum Gasteiger partial charge on any atom is 0.228 e. The standard InChI is InChI=1S/C17H29N3O2S/c1-17(2,3)16-19-13(12-23-16)11-15(21)20-8-5-14(6-9-20)22-10-4-7-18/h12,14H,4-11,18H2,1-3H3. The highest BCUT2D eigenvalue weighted by Crippen LogP contribution is 2.26. The van der Waals surface area contributed by atoms with Crippen molar-refractivity contribution in [1.29, 1.82) is 0 Å². The molecule has 1 aromatic rings. The van der Waals surface area contributed by atoms with Crippen LogP contribution >= 0.6 is 11.3 Å². The summed E-state index contributed by atoms with van der Waals surface area (Å²) in [6.45, 7) is 9.39. The summed E-state index contributed by atoms with van der Waals surface area (Å²) in [7, 11) is 0. The van der Waals surface area contributed by atoms with Crippen LogP contribution < -0.4 is 5.73 Å². The van der Waals surface area contributed by atoms with Crippen molar-refractivity contribution in [1.82, 2.24) is 9.88 Å². The Kier molecular flexibility index (Phi) is 6.56. The van der Waals surface area contributed by atoms with Crippen LogP contribution in [-0.4, -0.2) is 48.1 Å². The number of aromatic nitrogens is 1. The highest BCUT2D eigenvalue weighted by Gasteiger charge is 2.24. The zero-order valence-corrected chi connectivity index (χ0v) is 15.3. The van der Waals surface area contributed by atoms with Crippen molar-refractivity contribution in [3.05, 3.63) is 16.1 Å². The maximum absolute atomic E-state index is 12.4. The van der Waals surface area contributed by atoms with Crippen LogP contribution in [0.5, 0.6) is 0 Å². The van der Waals surface area contributed by atoms with Crippen molar-refractivity contribution in [2.24, 2.45) is 5.73 Å². The summed E-state index contributed by atoms with van der Waals surface area (Å²) in [4.78, 5) is 19.0. The first kappa shape index (κ1) is 18.4. The number of nitrogens with two attached hydrogens (primary N) is 1. The second kappa shape index (κ2) is 8.22. The molecule has 1 aliphatic heterocycles. The molecule has 1 fully saturated rings. The van der Waals surface area contributed by atoms with Gasteiger partial charge in [-0.15, -0.1) is 11.3 Å². The smallest absolute Gasteiger partial charge is 0.228 e. The van der Waals surface area contributed by atoms with E-state index in [4.69, 9.17) is 10.5 Å². The van der Waals surface area contributed by atoms with Gasteiger partial charge >= 0.3 is 0 Å². The first-order chi connectivity index (χ1) is 10.9. The molecular formula is C17H29N3O2S. The number of ether oxygens (including phenoxy) is 1. The second-order valence-corrected chi connectivity index (χ2v) is 8.02. The molecule has 0 atom stereocenters. The molecule has 2 rings (SSSR count). The van der Waals surface area contributed by atoms with E-state index in [-0.39, 0.29) is 17.4 Å². The molecule has 1 amide bonds. The van der Waals surface area contributed by atoms with E-state index < -0.39 is 0 Å². The van der Waals surface area contributed by atoms with Crippen molar-refractivity contribution in [2.75, 3.05) is 26.2 Å². The fourth-order valence-electron chi connectivity index (χ4n) is 2.60. The van der Waals surface area contributed by atoms with Crippen LogP contribution in [0.1, 0.15) is 50.7 Å². The van der Waals surface area contributed by atoms with Gasteiger partial charge in [0.2, 0.25) is 5.91 Å². The predicted octanol–water partition coefficient (Wildman–Crippen LogP) is 2.34. The normalized spacial score (nSPS) is 16.8. The van der Waals surface area contributed by atoms with Gasteiger partial charge in [0.1, 0.15) is 0 Å². The van der Waals surface area contributed by atoms with Crippen molar-refractivity contribution in [2.45, 2.75) is 58.0 Å². The molecule has 1 aliphatic rings. The van der Waals surface area contributed by atoms with Crippen molar-refractivity contribution in [3.63, 3.8) is 0 Å². The van der Waals surface area contributed by atoms with Crippen molar-refractivity contribution >= 4 is 17.2 Å². The lowest BCUT2D eigenvalue weighted by Gasteiger charge is -2.32. The van der Waals surface area contributed by atoms with Gasteiger partial charge in [-0.3, -0.25) is 4.79 Å². The Hall–Kier alpha value is -0.980. The minimum atomic E-state index is 0.0468. The second-order valence-electron chi connectivity index (χ2n) is 7.16. The van der Waals surface area contributed by atoms with Crippen LogP contribution in [0, 0.1) is 0 Å². The largest absolute Gasteiger partial charge is 0.378 e. The van der Waals surface area contributed by atoms with E-state index in [1.165, 1.54) is 0 Å². The number of hydrogen-bond acceptors (Lipinski definition) is 5. The Morgan fingerprint density at radius 1 is 1.43 bits per heavy atom. The molecule has 1 saturated heterocycles. The molecule has 0 unspecified atom stereocenters. The number of thiazole rings is 1. The van der Waals surface area contributed by atoms with E-state index in [0.29, 0.717) is 13.0 Å². The number of nitrogens with zero attached hydrogens (tertiary/aromatic N) is 2. The molecule has 23 heavy (non-hydrogen) atoms. The molecule has 0 aromatic carbocycles. The van der Waals surface area contributed by atoms with E-state index in [1.807, 2.05) is 10.3 Å². The van der Waals surface area contributed by atoms with Gasteiger partial charge in [-0.1, -0.05) is 20.8 Å². The molecule has 1 aromatic heterocycles. The van der Waals surface area contributed by atoms with Gasteiger partial charge in [-0.2, -0.15) is 0 Å². The Morgan fingerprint density at radius 3 is 2.70 bits per heavy atom. The summed E-state index contributed by atoms with van der Waals surface area (Å²) in [5.74, 6) is 0.177. The SMILES string of the molecule is CC(C)(C)c1nc(CC(=O)N2CCC(OCCCN)CC2)cs1. The van der Waals surface area contributed by atoms with Gasteiger partial charge in [-0.25, -0.2) is 4.98 Å². The lowest BCUT2D eigenvalue weighted by molar-refractivity contribution is -0.133. The molecule has 130 valence electrons. The molecule has 0 aliphatic carbocycles. The Bertz CT molecular complexity index is 502. The van der Waals surface area contributed by atoms with Crippen LogP contribution in [0.4, 0.5) is 0 Å². The zero-order valence-electron chi connectivity index (χ0n) is 14.5. The van der Waals surface area contributed by atoms with E-state index in [2.05, 4.69) is 25.8 Å². The predicted molar refractivity (Wildman–Crippen MR) is 93.7 cm³/mol. The van der Waals surface area contributed by atoms with Crippen molar-refractivity contribution in [3.8, 4) is 0 Å². The Balaban J connectivity index is 1.78. The fourth-order valence-corrected chi connectivity index (χ4v) is 3.51. The molecular weight excluding hydrogens is 310 g/mol. The first-order valence-electron chi connectivity index (χ1n) is 8.44. The lowest BCUT2D eigenvalue weighted by Crippen LogP contribution is -2.41. The molecule has 0 saturated carbocycles. The summed E-state index contributed by atoms with van der Waals surface area (Å²) in [6, 6.07) is 0. The number of likely N-dealkylation sites (tertiary alicyclic amines) is 1. The zero-order chi connectivity index (χ0) is 16.9. The van der Waals surface area contributed by atoms with Crippen LogP contribution in [0.3, 0.4) is 0 Å². The van der Waals surface area contributed by atoms with Crippen LogP contribution in [-0.2, 0) is 21.4 Å². The third-order valence-corrected chi connectivity index (χ3v) is 5.34. The quantitative estimate of drug-likeness (QED) is 0.808. The fraction of sp³-hybridized carbons (Fsp3) is 0.765. The number of carbonyl (C=O) groups excluding carboxylic acids is 1. The summed E-state index contributed by atoms with van der Waals surface area (Å²) in [5.41, 5.74) is 6.41. The van der Waals surface area contributed by atoms with Gasteiger partial charge in [-0.05, 0) is 25.8 Å². The van der Waals surface area contributed by atoms with Gasteiger partial charge in [0.25, 0.3) is 0 Å². The minimum Gasteiger partial charge on any atom is -0.378 e. The Labute approximate surface area is 143 Å². The Morgan fingerprint density at radius 2 is 2.13 bits per heavy atom. The van der Waals surface area contributed by atoms with Crippen LogP contribution in [0.25, 0.3) is 0 Å². The molecule has 5 nitrogen and oxygen atoms in total. The lowest BCUT2D eigenvalue weighted by atomic mass is 9.98. The molecule has 0 radical (unpaired) electrons. The first-order valence-corrected chi connectivity index (χ1v) is 9.32. The van der Waals surface area contributed by atoms with Gasteiger partial charge < -0.3 is 15.4 Å². The number of piperidine rings is 1. The van der Waals surface area contributed by atoms with E-state index in [0.717, 1.165) is 49.7 Å². The van der Waals surface area contributed by atoms with E-state index in [9.17, 15) is 4.79 Å². The summed E-state index contributed by atoms with van der Waals surface area (Å²) >= 11 is 1.64. The molecule has 6 heteroatoms. The highest BCUT2D eigenvalue weighted by molar-refractivity contribution is 7.09. The van der Waals surface area contributed by atoms with Crippen LogP contribution in [0.15, 0.2) is 5.38 Å². The number of rotatable bonds is 6. The van der Waals surface area contributed by atoms with Crippen LogP contribution in [0.2, 0.25) is 0 Å². The minimum absolute atomic E-state index is 0.0468. The molecule has 2 N–H and O–H groups in total. The van der Waals surface area contributed by atoms with E-state index in [1.54, 1.807) is 11.3 Å². The number of carbonyl (C=O) groups is 1. The topological polar surface area (TPSA) is 68.5 Å². The monoisotopic (exact) mass is 339 g/mol. The number of amides is 1. The molecule has 2 heterocycles. The van der Waals surface area contributed by atoms with Gasteiger partial charge in [0.05, 0.1) is 23.2 Å². The average Bonchev–Trinajstić information content (AvgIpc) is 2.97. The number of hydrogen-bond donors (Lipinski definition) is 1. The highest BCUT2D eigenvalue weighted by atomic mass is 32.1. The maximum atomic E-state index is 12.4. The third-order valence-electron chi connectivity index (χ3n) is 4.02. The van der Waals surface area contributed by atoms with Gasteiger partial charge in [0.15, 0.2) is 0 Å². The van der Waals surface area contributed by atoms with E-state index >= 15 is 0 Å². The average molecular weight is 340 g/mol. The molecule has 0 bridgehead atoms. The van der Waals surface area contributed by atoms with Gasteiger partial charge in [0, 0.05) is 30.5 Å². The summed E-state index contributed by atoms with van der Waals surface area (Å²) in [5, 5.41) is 3.11. The summed E-state index contributed by atoms with van der Waals surface area (Å²) in [6.07, 6.45) is 3.42. The third kappa shape index (κ3) is 5.55. The van der Waals surface area contributed by atoms with Crippen molar-refractivity contribution < 1.29 is 9.53 Å².